The summed E-state index contributed by atoms with van der Waals surface area (Å²) in [7, 11) is 0. The second-order valence-corrected chi connectivity index (χ2v) is 10.3. The molecule has 0 bridgehead atoms. The molecule has 4 rings (SSSR count). The molecule has 0 amide bonds. The van der Waals surface area contributed by atoms with Crippen molar-refractivity contribution in [2.75, 3.05) is 4.43 Å². The molecule has 0 aromatic carbocycles. The Hall–Kier alpha value is -0.820. The van der Waals surface area contributed by atoms with Crippen molar-refractivity contribution in [2.24, 2.45) is 34.5 Å². The highest BCUT2D eigenvalue weighted by Crippen LogP contribution is 2.66. The van der Waals surface area contributed by atoms with Gasteiger partial charge in [0.15, 0.2) is 11.6 Å². The average Bonchev–Trinajstić information content (AvgIpc) is 2.87. The predicted molar refractivity (Wildman–Crippen MR) is 110 cm³/mol. The van der Waals surface area contributed by atoms with Crippen LogP contribution in [0.3, 0.4) is 0 Å². The van der Waals surface area contributed by atoms with Crippen LogP contribution in [0.15, 0.2) is 23.8 Å². The molecule has 3 saturated carbocycles. The van der Waals surface area contributed by atoms with Gasteiger partial charge in [0.25, 0.3) is 0 Å². The smallest absolute Gasteiger partial charge is 0.178 e. The van der Waals surface area contributed by atoms with Gasteiger partial charge < -0.3 is 5.11 Å². The van der Waals surface area contributed by atoms with Gasteiger partial charge in [-0.25, -0.2) is 0 Å². The average molecular weight is 482 g/mol. The molecule has 1 N–H and O–H groups in total. The van der Waals surface area contributed by atoms with Crippen LogP contribution >= 0.6 is 22.6 Å². The van der Waals surface area contributed by atoms with Gasteiger partial charge in [-0.1, -0.05) is 55.0 Å². The normalized spacial score (nSPS) is 48.6. The lowest BCUT2D eigenvalue weighted by Gasteiger charge is -2.58. The predicted octanol–water partition coefficient (Wildman–Crippen LogP) is 3.45. The highest BCUT2D eigenvalue weighted by atomic mass is 127. The monoisotopic (exact) mass is 482 g/mol. The van der Waals surface area contributed by atoms with Gasteiger partial charge in [0, 0.05) is 23.2 Å². The number of ketones is 3. The first-order chi connectivity index (χ1) is 12.6. The fourth-order valence-electron chi connectivity index (χ4n) is 7.03. The van der Waals surface area contributed by atoms with Crippen LogP contribution in [0.5, 0.6) is 0 Å². The van der Waals surface area contributed by atoms with E-state index in [9.17, 15) is 19.5 Å². The highest BCUT2D eigenvalue weighted by molar-refractivity contribution is 14.1. The third-order valence-corrected chi connectivity index (χ3v) is 9.01. The fourth-order valence-corrected chi connectivity index (χ4v) is 7.66. The highest BCUT2D eigenvalue weighted by Gasteiger charge is 2.68. The van der Waals surface area contributed by atoms with Gasteiger partial charge in [0.2, 0.25) is 0 Å². The summed E-state index contributed by atoms with van der Waals surface area (Å²) < 4.78 is 0.269. The molecule has 27 heavy (non-hydrogen) atoms. The largest absolute Gasteiger partial charge is 0.381 e. The summed E-state index contributed by atoms with van der Waals surface area (Å²) in [5.74, 6) is 0.349. The summed E-state index contributed by atoms with van der Waals surface area (Å²) in [4.78, 5) is 38.0. The van der Waals surface area contributed by atoms with E-state index < -0.39 is 16.4 Å². The summed E-state index contributed by atoms with van der Waals surface area (Å²) in [5.41, 5.74) is -1.43. The summed E-state index contributed by atoms with van der Waals surface area (Å²) in [6.07, 6.45) is 7.60. The molecule has 4 aliphatic rings. The van der Waals surface area contributed by atoms with Gasteiger partial charge in [-0.2, -0.15) is 0 Å². The van der Waals surface area contributed by atoms with Gasteiger partial charge in [-0.3, -0.25) is 14.4 Å². The Kier molecular flexibility index (Phi) is 4.39. The molecule has 7 atom stereocenters. The lowest BCUT2D eigenvalue weighted by molar-refractivity contribution is -0.166. The van der Waals surface area contributed by atoms with Gasteiger partial charge >= 0.3 is 0 Å². The Morgan fingerprint density at radius 2 is 2.04 bits per heavy atom. The van der Waals surface area contributed by atoms with E-state index in [4.69, 9.17) is 0 Å². The van der Waals surface area contributed by atoms with Crippen LogP contribution in [0, 0.1) is 34.5 Å². The quantitative estimate of drug-likeness (QED) is 0.484. The number of carbonyl (C=O) groups is 3. The first kappa shape index (κ1) is 19.5. The van der Waals surface area contributed by atoms with Crippen molar-refractivity contribution in [2.45, 2.75) is 52.1 Å². The molecule has 0 spiro atoms. The van der Waals surface area contributed by atoms with Crippen molar-refractivity contribution in [3.05, 3.63) is 23.8 Å². The van der Waals surface area contributed by atoms with Gasteiger partial charge in [0.1, 0.15) is 11.4 Å². The number of halogens is 1. The van der Waals surface area contributed by atoms with Crippen LogP contribution in [-0.4, -0.2) is 32.5 Å². The molecule has 146 valence electrons. The Morgan fingerprint density at radius 3 is 2.70 bits per heavy atom. The molecular formula is C22H27IO4. The van der Waals surface area contributed by atoms with E-state index in [1.807, 2.05) is 35.6 Å². The fraction of sp³-hybridized carbons (Fsp3) is 0.682. The van der Waals surface area contributed by atoms with E-state index in [-0.39, 0.29) is 51.9 Å². The third-order valence-electron chi connectivity index (χ3n) is 8.31. The van der Waals surface area contributed by atoms with Crippen LogP contribution in [0.25, 0.3) is 0 Å². The molecule has 0 aromatic heterocycles. The van der Waals surface area contributed by atoms with Crippen molar-refractivity contribution < 1.29 is 19.5 Å². The van der Waals surface area contributed by atoms with Crippen LogP contribution in [-0.2, 0) is 14.4 Å². The lowest BCUT2D eigenvalue weighted by Crippen LogP contribution is -2.61. The first-order valence-electron chi connectivity index (χ1n) is 9.88. The summed E-state index contributed by atoms with van der Waals surface area (Å²) in [6, 6.07) is 0. The van der Waals surface area contributed by atoms with Gasteiger partial charge in [-0.15, -0.1) is 0 Å². The summed E-state index contributed by atoms with van der Waals surface area (Å²) in [5, 5.41) is 11.3. The van der Waals surface area contributed by atoms with Crippen molar-refractivity contribution in [1.29, 1.82) is 0 Å². The minimum atomic E-state index is -1.39. The number of Topliss-reactive ketones (excluding diaryl/α,β-unsaturated/α-hetero) is 2. The standard InChI is InChI=1S/C22H27IO4/c1-12-8-14-15-5-7-22(27,18(26)11-23)21(15,3)10-17(25)19(14)20(2)6-4-13(24)9-16(12)20/h4,6,9,12,14-15,19,27H,5,7-8,10-11H2,1-3H3/t12-,14-,15-,19+,20-,21-,22-/m0/s1. The Bertz CT molecular complexity index is 798. The Labute approximate surface area is 174 Å². The molecule has 0 aliphatic heterocycles. The number of carbonyl (C=O) groups excluding carboxylic acids is 3. The molecule has 4 nitrogen and oxygen atoms in total. The summed E-state index contributed by atoms with van der Waals surface area (Å²) in [6.45, 7) is 6.19. The molecule has 0 radical (unpaired) electrons. The Balaban J connectivity index is 1.79. The third kappa shape index (κ3) is 2.39. The number of allylic oxidation sites excluding steroid dienone is 4. The molecule has 4 aliphatic carbocycles. The maximum atomic E-state index is 13.5. The SMILES string of the molecule is C[C@H]1C[C@@H]2[C@H](C(=O)C[C@@]3(C)[C@H]2CC[C@]3(O)C(=O)CI)[C@@]2(C)C=CC(=O)C=C12. The zero-order valence-corrected chi connectivity index (χ0v) is 18.3. The van der Waals surface area contributed by atoms with Crippen LogP contribution in [0.1, 0.15) is 46.5 Å². The van der Waals surface area contributed by atoms with Crippen molar-refractivity contribution in [3.8, 4) is 0 Å². The lowest BCUT2D eigenvalue weighted by atomic mass is 9.45. The molecule has 0 aromatic rings. The number of hydrogen-bond donors (Lipinski definition) is 1. The molecule has 3 fully saturated rings. The van der Waals surface area contributed by atoms with Gasteiger partial charge in [0.05, 0.1) is 4.43 Å². The van der Waals surface area contributed by atoms with Crippen LogP contribution in [0.2, 0.25) is 0 Å². The van der Waals surface area contributed by atoms with E-state index in [0.717, 1.165) is 18.4 Å². The number of aliphatic hydroxyl groups is 1. The van der Waals surface area contributed by atoms with Crippen molar-refractivity contribution >= 4 is 39.9 Å². The Morgan fingerprint density at radius 1 is 1.33 bits per heavy atom. The minimum absolute atomic E-state index is 0.00348. The van der Waals surface area contributed by atoms with Gasteiger partial charge in [-0.05, 0) is 49.2 Å². The van der Waals surface area contributed by atoms with E-state index in [1.165, 1.54) is 0 Å². The van der Waals surface area contributed by atoms with Crippen LogP contribution in [0.4, 0.5) is 0 Å². The van der Waals surface area contributed by atoms with E-state index in [1.54, 1.807) is 12.2 Å². The maximum absolute atomic E-state index is 13.5. The number of rotatable bonds is 2. The van der Waals surface area contributed by atoms with Crippen molar-refractivity contribution in [1.82, 2.24) is 0 Å². The molecule has 0 unspecified atom stereocenters. The first-order valence-corrected chi connectivity index (χ1v) is 11.4. The number of hydrogen-bond acceptors (Lipinski definition) is 4. The number of fused-ring (bicyclic) bond motifs is 5. The second-order valence-electron chi connectivity index (χ2n) is 9.52. The zero-order valence-electron chi connectivity index (χ0n) is 16.1. The number of alkyl halides is 1. The molecule has 0 heterocycles. The zero-order chi connectivity index (χ0) is 19.8. The van der Waals surface area contributed by atoms with Crippen LogP contribution < -0.4 is 0 Å². The second kappa shape index (κ2) is 6.09. The maximum Gasteiger partial charge on any atom is 0.178 e. The van der Waals surface area contributed by atoms with Crippen molar-refractivity contribution in [3.63, 3.8) is 0 Å². The van der Waals surface area contributed by atoms with E-state index >= 15 is 0 Å². The minimum Gasteiger partial charge on any atom is -0.381 e. The summed E-state index contributed by atoms with van der Waals surface area (Å²) >= 11 is 2.01. The molecule has 0 saturated heterocycles. The molecular weight excluding hydrogens is 455 g/mol. The molecule has 5 heteroatoms. The van der Waals surface area contributed by atoms with E-state index in [2.05, 4.69) is 13.8 Å². The van der Waals surface area contributed by atoms with E-state index in [0.29, 0.717) is 6.42 Å². The topological polar surface area (TPSA) is 71.4 Å².